The minimum absolute atomic E-state index is 0.788. The summed E-state index contributed by atoms with van der Waals surface area (Å²) in [5.41, 5.74) is 0. The van der Waals surface area contributed by atoms with Crippen molar-refractivity contribution >= 4 is 34.7 Å². The molecule has 0 bridgehead atoms. The molecule has 108 valence electrons. The number of hydrogen-bond acceptors (Lipinski definition) is 6. The number of thiophene rings is 1. The second-order valence-electron chi connectivity index (χ2n) is 4.42. The summed E-state index contributed by atoms with van der Waals surface area (Å²) in [6.07, 6.45) is 3.07. The van der Waals surface area contributed by atoms with Gasteiger partial charge in [-0.3, -0.25) is 0 Å². The molecule has 0 saturated heterocycles. The van der Waals surface area contributed by atoms with E-state index < -0.39 is 0 Å². The van der Waals surface area contributed by atoms with Gasteiger partial charge in [-0.2, -0.15) is 0 Å². The monoisotopic (exact) mass is 308 g/mol. The fourth-order valence-electron chi connectivity index (χ4n) is 1.71. The lowest BCUT2D eigenvalue weighted by Crippen LogP contribution is -2.06. The Balaban J connectivity index is 2.05. The van der Waals surface area contributed by atoms with Gasteiger partial charge in [0.05, 0.1) is 6.54 Å². The molecule has 0 aliphatic rings. The molecule has 0 spiro atoms. The van der Waals surface area contributed by atoms with E-state index in [1.165, 1.54) is 9.75 Å². The molecule has 2 rings (SSSR count). The van der Waals surface area contributed by atoms with Gasteiger partial charge in [-0.15, -0.1) is 11.3 Å². The van der Waals surface area contributed by atoms with Gasteiger partial charge in [-0.25, -0.2) is 9.97 Å². The molecule has 0 aliphatic carbocycles. The van der Waals surface area contributed by atoms with E-state index >= 15 is 0 Å². The highest BCUT2D eigenvalue weighted by molar-refractivity contribution is 7.98. The second-order valence-corrected chi connectivity index (χ2v) is 6.56. The van der Waals surface area contributed by atoms with Gasteiger partial charge >= 0.3 is 0 Å². The first kappa shape index (κ1) is 15.1. The SMILES string of the molecule is CCCNc1cc(NCc2ccc(C)s2)nc(SC)n1. The quantitative estimate of drug-likeness (QED) is 0.598. The van der Waals surface area contributed by atoms with E-state index in [2.05, 4.69) is 46.6 Å². The molecule has 2 N–H and O–H groups in total. The largest absolute Gasteiger partial charge is 0.370 e. The summed E-state index contributed by atoms with van der Waals surface area (Å²) in [7, 11) is 0. The summed E-state index contributed by atoms with van der Waals surface area (Å²) < 4.78 is 0. The molecule has 2 aromatic heterocycles. The summed E-state index contributed by atoms with van der Waals surface area (Å²) in [4.78, 5) is 11.6. The van der Waals surface area contributed by atoms with Crippen LogP contribution in [0.15, 0.2) is 23.4 Å². The van der Waals surface area contributed by atoms with E-state index in [0.717, 1.165) is 36.3 Å². The van der Waals surface area contributed by atoms with Gasteiger partial charge in [0.25, 0.3) is 0 Å². The first-order valence-corrected chi connectivity index (χ1v) is 8.71. The fraction of sp³-hybridized carbons (Fsp3) is 0.429. The number of rotatable bonds is 7. The Morgan fingerprint density at radius 2 is 1.95 bits per heavy atom. The van der Waals surface area contributed by atoms with Gasteiger partial charge in [0.15, 0.2) is 5.16 Å². The van der Waals surface area contributed by atoms with Crippen molar-refractivity contribution < 1.29 is 0 Å². The van der Waals surface area contributed by atoms with Crippen LogP contribution in [0.3, 0.4) is 0 Å². The highest BCUT2D eigenvalue weighted by Gasteiger charge is 2.04. The molecule has 4 nitrogen and oxygen atoms in total. The van der Waals surface area contributed by atoms with Crippen molar-refractivity contribution in [2.24, 2.45) is 0 Å². The summed E-state index contributed by atoms with van der Waals surface area (Å²) in [6.45, 7) is 5.99. The fourth-order valence-corrected chi connectivity index (χ4v) is 2.92. The van der Waals surface area contributed by atoms with E-state index in [0.29, 0.717) is 0 Å². The topological polar surface area (TPSA) is 49.8 Å². The number of nitrogens with zero attached hydrogens (tertiary/aromatic N) is 2. The molecule has 0 fully saturated rings. The van der Waals surface area contributed by atoms with Crippen LogP contribution in [-0.4, -0.2) is 22.8 Å². The van der Waals surface area contributed by atoms with Gasteiger partial charge in [0.1, 0.15) is 11.6 Å². The molecule has 0 radical (unpaired) electrons. The van der Waals surface area contributed by atoms with E-state index in [1.807, 2.05) is 23.7 Å². The molecular weight excluding hydrogens is 288 g/mol. The Kier molecular flexibility index (Phi) is 5.67. The Bertz CT molecular complexity index is 554. The van der Waals surface area contributed by atoms with Crippen molar-refractivity contribution in [3.05, 3.63) is 28.0 Å². The standard InChI is InChI=1S/C14H20N4S2/c1-4-7-15-12-8-13(18-14(17-12)19-3)16-9-11-6-5-10(2)20-11/h5-6,8H,4,7,9H2,1-3H3,(H2,15,16,17,18). The Hall–Kier alpha value is -1.27. The number of hydrogen-bond donors (Lipinski definition) is 2. The Morgan fingerprint density at radius 3 is 2.55 bits per heavy atom. The van der Waals surface area contributed by atoms with E-state index in [-0.39, 0.29) is 0 Å². The zero-order valence-corrected chi connectivity index (χ0v) is 13.7. The summed E-state index contributed by atoms with van der Waals surface area (Å²) >= 11 is 3.37. The molecule has 20 heavy (non-hydrogen) atoms. The normalized spacial score (nSPS) is 10.6. The molecule has 2 heterocycles. The summed E-state index contributed by atoms with van der Waals surface area (Å²) in [5, 5.41) is 7.47. The van der Waals surface area contributed by atoms with Crippen LogP contribution in [0.2, 0.25) is 0 Å². The van der Waals surface area contributed by atoms with E-state index in [9.17, 15) is 0 Å². The molecule has 0 aromatic carbocycles. The molecule has 6 heteroatoms. The van der Waals surface area contributed by atoms with Crippen LogP contribution in [0.25, 0.3) is 0 Å². The zero-order valence-electron chi connectivity index (χ0n) is 12.1. The first-order chi connectivity index (χ1) is 9.71. The second kappa shape index (κ2) is 7.50. The average molecular weight is 308 g/mol. The zero-order chi connectivity index (χ0) is 14.4. The number of thioether (sulfide) groups is 1. The van der Waals surface area contributed by atoms with Crippen molar-refractivity contribution in [2.75, 3.05) is 23.4 Å². The highest BCUT2D eigenvalue weighted by atomic mass is 32.2. The van der Waals surface area contributed by atoms with Gasteiger partial charge < -0.3 is 10.6 Å². The van der Waals surface area contributed by atoms with E-state index in [4.69, 9.17) is 0 Å². The van der Waals surface area contributed by atoms with Crippen LogP contribution >= 0.6 is 23.1 Å². The molecule has 0 amide bonds. The van der Waals surface area contributed by atoms with Gasteiger partial charge in [-0.1, -0.05) is 18.7 Å². The third kappa shape index (κ3) is 4.38. The minimum atomic E-state index is 0.788. The van der Waals surface area contributed by atoms with E-state index in [1.54, 1.807) is 11.8 Å². The van der Waals surface area contributed by atoms with Crippen LogP contribution in [0.4, 0.5) is 11.6 Å². The van der Waals surface area contributed by atoms with Gasteiger partial charge in [0, 0.05) is 22.4 Å². The van der Waals surface area contributed by atoms with Crippen molar-refractivity contribution in [3.63, 3.8) is 0 Å². The average Bonchev–Trinajstić information content (AvgIpc) is 2.88. The number of anilines is 2. The van der Waals surface area contributed by atoms with Crippen molar-refractivity contribution in [3.8, 4) is 0 Å². The van der Waals surface area contributed by atoms with Gasteiger partial charge in [-0.05, 0) is 31.7 Å². The maximum atomic E-state index is 4.49. The lowest BCUT2D eigenvalue weighted by molar-refractivity contribution is 0.923. The van der Waals surface area contributed by atoms with Crippen LogP contribution in [0.5, 0.6) is 0 Å². The smallest absolute Gasteiger partial charge is 0.191 e. The number of aromatic nitrogens is 2. The number of nitrogens with one attached hydrogen (secondary N) is 2. The van der Waals surface area contributed by atoms with Crippen molar-refractivity contribution in [1.29, 1.82) is 0 Å². The minimum Gasteiger partial charge on any atom is -0.370 e. The lowest BCUT2D eigenvalue weighted by atomic mass is 10.4. The Morgan fingerprint density at radius 1 is 1.20 bits per heavy atom. The van der Waals surface area contributed by atoms with Crippen molar-refractivity contribution in [2.45, 2.75) is 32.0 Å². The maximum absolute atomic E-state index is 4.49. The summed E-state index contributed by atoms with van der Waals surface area (Å²) in [5.74, 6) is 1.75. The van der Waals surface area contributed by atoms with Crippen molar-refractivity contribution in [1.82, 2.24) is 9.97 Å². The van der Waals surface area contributed by atoms with Crippen LogP contribution in [0, 0.1) is 6.92 Å². The molecular formula is C14H20N4S2. The predicted octanol–water partition coefficient (Wildman–Crippen LogP) is 4.00. The third-order valence-corrected chi connectivity index (χ3v) is 4.23. The van der Waals surface area contributed by atoms with Gasteiger partial charge in [0.2, 0.25) is 0 Å². The van der Waals surface area contributed by atoms with Crippen LogP contribution in [-0.2, 0) is 6.54 Å². The molecule has 0 atom stereocenters. The first-order valence-electron chi connectivity index (χ1n) is 6.67. The number of aryl methyl sites for hydroxylation is 1. The summed E-state index contributed by atoms with van der Waals surface area (Å²) in [6, 6.07) is 6.26. The Labute approximate surface area is 128 Å². The molecule has 0 saturated carbocycles. The molecule has 0 aliphatic heterocycles. The molecule has 2 aromatic rings. The predicted molar refractivity (Wildman–Crippen MR) is 89.0 cm³/mol. The van der Waals surface area contributed by atoms with Crippen LogP contribution in [0.1, 0.15) is 23.1 Å². The third-order valence-electron chi connectivity index (χ3n) is 2.68. The maximum Gasteiger partial charge on any atom is 0.191 e. The molecule has 0 unspecified atom stereocenters. The lowest BCUT2D eigenvalue weighted by Gasteiger charge is -2.09. The highest BCUT2D eigenvalue weighted by Crippen LogP contribution is 2.20. The van der Waals surface area contributed by atoms with Crippen LogP contribution < -0.4 is 10.6 Å².